The van der Waals surface area contributed by atoms with Crippen molar-refractivity contribution >= 4 is 36.5 Å². The molecule has 1 saturated carbocycles. The summed E-state index contributed by atoms with van der Waals surface area (Å²) in [6.07, 6.45) is 9.10. The monoisotopic (exact) mass is 574 g/mol. The van der Waals surface area contributed by atoms with Gasteiger partial charge < -0.3 is 4.74 Å². The third kappa shape index (κ3) is 5.75. The number of ether oxygens (including phenoxy) is 1. The first-order chi connectivity index (χ1) is 19.2. The van der Waals surface area contributed by atoms with Gasteiger partial charge in [-0.25, -0.2) is 25.8 Å². The van der Waals surface area contributed by atoms with Crippen LogP contribution in [-0.2, 0) is 24.6 Å². The van der Waals surface area contributed by atoms with E-state index in [0.717, 1.165) is 36.8 Å². The molecule has 7 nitrogen and oxygen atoms in total. The smallest absolute Gasteiger partial charge is 0.269 e. The van der Waals surface area contributed by atoms with Crippen molar-refractivity contribution < 1.29 is 21.6 Å². The van der Waals surface area contributed by atoms with Crippen LogP contribution in [-0.4, -0.2) is 45.8 Å². The van der Waals surface area contributed by atoms with Gasteiger partial charge in [0.2, 0.25) is 0 Å². The maximum absolute atomic E-state index is 14.2. The highest BCUT2D eigenvalue weighted by Crippen LogP contribution is 2.36. The lowest BCUT2D eigenvalue weighted by molar-refractivity contribution is 0.240. The lowest BCUT2D eigenvalue weighted by atomic mass is 9.96. The van der Waals surface area contributed by atoms with Gasteiger partial charge >= 0.3 is 0 Å². The predicted octanol–water partition coefficient (Wildman–Crippen LogP) is 5.30. The Morgan fingerprint density at radius 2 is 1.70 bits per heavy atom. The number of pyridine rings is 1. The zero-order chi connectivity index (χ0) is 28.3. The number of aromatic nitrogens is 2. The highest BCUT2D eigenvalue weighted by Gasteiger charge is 2.27. The van der Waals surface area contributed by atoms with Crippen molar-refractivity contribution in [2.75, 3.05) is 20.0 Å². The molecule has 0 bridgehead atoms. The summed E-state index contributed by atoms with van der Waals surface area (Å²) >= 11 is 0. The molecule has 0 spiro atoms. The molecule has 206 valence electrons. The third-order valence-corrected chi connectivity index (χ3v) is 9.85. The molecule has 1 fully saturated rings. The molecular weight excluding hydrogens is 544 g/mol. The van der Waals surface area contributed by atoms with Crippen LogP contribution in [0, 0.1) is 17.8 Å². The quantitative estimate of drug-likeness (QED) is 0.278. The van der Waals surface area contributed by atoms with E-state index >= 15 is 0 Å². The topological polar surface area (TPSA) is 95.3 Å². The van der Waals surface area contributed by atoms with Crippen LogP contribution in [0.1, 0.15) is 42.5 Å². The normalized spacial score (nSPS) is 14.8. The van der Waals surface area contributed by atoms with E-state index in [-0.39, 0.29) is 22.3 Å². The lowest BCUT2D eigenvalue weighted by Gasteiger charge is -2.16. The number of fused-ring (bicyclic) bond motifs is 1. The summed E-state index contributed by atoms with van der Waals surface area (Å²) in [6.45, 7) is 0.268. The molecular formula is C31H30N2O5S2. The zero-order valence-corrected chi connectivity index (χ0v) is 24.0. The predicted molar refractivity (Wildman–Crippen MR) is 156 cm³/mol. The van der Waals surface area contributed by atoms with Gasteiger partial charge in [0.25, 0.3) is 10.0 Å². The summed E-state index contributed by atoms with van der Waals surface area (Å²) in [5, 5.41) is 0.629. The van der Waals surface area contributed by atoms with Crippen LogP contribution < -0.4 is 0 Å². The van der Waals surface area contributed by atoms with Gasteiger partial charge in [0.15, 0.2) is 15.5 Å². The number of rotatable bonds is 7. The van der Waals surface area contributed by atoms with E-state index in [0.29, 0.717) is 22.3 Å². The lowest BCUT2D eigenvalue weighted by Crippen LogP contribution is -2.16. The molecule has 0 radical (unpaired) electrons. The third-order valence-electron chi connectivity index (χ3n) is 7.00. The van der Waals surface area contributed by atoms with Gasteiger partial charge in [-0.3, -0.25) is 0 Å². The molecule has 1 aliphatic rings. The van der Waals surface area contributed by atoms with Crippen molar-refractivity contribution in [2.45, 2.75) is 35.5 Å². The molecule has 2 aromatic heterocycles. The van der Waals surface area contributed by atoms with Crippen LogP contribution in [0.2, 0.25) is 0 Å². The number of sulfone groups is 1. The summed E-state index contributed by atoms with van der Waals surface area (Å²) in [4.78, 5) is 4.91. The molecule has 0 aliphatic heterocycles. The molecule has 5 rings (SSSR count). The Morgan fingerprint density at radius 3 is 2.35 bits per heavy atom. The minimum atomic E-state index is -4.04. The molecule has 0 amide bonds. The summed E-state index contributed by atoms with van der Waals surface area (Å²) in [6, 6.07) is 18.5. The molecule has 4 aromatic rings. The maximum atomic E-state index is 14.2. The SMILES string of the molecule is COCC#Cc1cnc2c(c1)cc(/C(=C/C1CCCC1)c1ccc(S(C)(=O)=O)cc1)n2S(=O)(=O)c1ccccc1. The Labute approximate surface area is 235 Å². The molecule has 0 atom stereocenters. The Balaban J connectivity index is 1.78. The maximum Gasteiger partial charge on any atom is 0.269 e. The van der Waals surface area contributed by atoms with Gasteiger partial charge in [0.1, 0.15) is 6.61 Å². The fourth-order valence-electron chi connectivity index (χ4n) is 5.05. The van der Waals surface area contributed by atoms with Crippen molar-refractivity contribution in [1.82, 2.24) is 8.96 Å². The van der Waals surface area contributed by atoms with Gasteiger partial charge in [0.05, 0.1) is 15.5 Å². The average Bonchev–Trinajstić information content (AvgIpc) is 3.60. The van der Waals surface area contributed by atoms with Crippen molar-refractivity contribution in [3.63, 3.8) is 0 Å². The van der Waals surface area contributed by atoms with Crippen LogP contribution in [0.4, 0.5) is 0 Å². The Bertz CT molecular complexity index is 1840. The number of methoxy groups -OCH3 is 1. The second-order valence-electron chi connectivity index (χ2n) is 9.91. The van der Waals surface area contributed by atoms with E-state index in [9.17, 15) is 16.8 Å². The Hall–Kier alpha value is -3.71. The molecule has 1 aliphatic carbocycles. The van der Waals surface area contributed by atoms with Crippen molar-refractivity contribution in [3.05, 3.63) is 95.8 Å². The first-order valence-electron chi connectivity index (χ1n) is 13.0. The van der Waals surface area contributed by atoms with Gasteiger partial charge in [-0.2, -0.15) is 0 Å². The van der Waals surface area contributed by atoms with E-state index in [1.807, 2.05) is 12.1 Å². The number of nitrogens with zero attached hydrogens (tertiary/aromatic N) is 2. The first-order valence-corrected chi connectivity index (χ1v) is 16.3. The Morgan fingerprint density at radius 1 is 1.00 bits per heavy atom. The van der Waals surface area contributed by atoms with Gasteiger partial charge in [0, 0.05) is 36.1 Å². The van der Waals surface area contributed by atoms with Crippen molar-refractivity contribution in [2.24, 2.45) is 5.92 Å². The summed E-state index contributed by atoms with van der Waals surface area (Å²) in [5.74, 6) is 6.20. The van der Waals surface area contributed by atoms with Gasteiger partial charge in [-0.05, 0) is 60.7 Å². The molecule has 2 aromatic carbocycles. The fourth-order valence-corrected chi connectivity index (χ4v) is 7.18. The highest BCUT2D eigenvalue weighted by molar-refractivity contribution is 7.90. The molecule has 2 heterocycles. The first kappa shape index (κ1) is 27.8. The van der Waals surface area contributed by atoms with Crippen LogP contribution in [0.25, 0.3) is 16.6 Å². The number of hydrogen-bond acceptors (Lipinski definition) is 6. The van der Waals surface area contributed by atoms with E-state index in [4.69, 9.17) is 4.74 Å². The van der Waals surface area contributed by atoms with Crippen LogP contribution in [0.3, 0.4) is 0 Å². The zero-order valence-electron chi connectivity index (χ0n) is 22.4. The van der Waals surface area contributed by atoms with Gasteiger partial charge in [-0.1, -0.05) is 61.1 Å². The fraction of sp³-hybridized carbons (Fsp3) is 0.258. The van der Waals surface area contributed by atoms with Crippen LogP contribution >= 0.6 is 0 Å². The van der Waals surface area contributed by atoms with Gasteiger partial charge in [-0.15, -0.1) is 0 Å². The van der Waals surface area contributed by atoms with Crippen LogP contribution in [0.5, 0.6) is 0 Å². The molecule has 0 N–H and O–H groups in total. The largest absolute Gasteiger partial charge is 0.372 e. The van der Waals surface area contributed by atoms with E-state index in [1.165, 1.54) is 10.2 Å². The minimum absolute atomic E-state index is 0.146. The van der Waals surface area contributed by atoms with Crippen molar-refractivity contribution in [3.8, 4) is 11.8 Å². The van der Waals surface area contributed by atoms with Crippen molar-refractivity contribution in [1.29, 1.82) is 0 Å². The average molecular weight is 575 g/mol. The highest BCUT2D eigenvalue weighted by atomic mass is 32.2. The summed E-state index contributed by atoms with van der Waals surface area (Å²) < 4.78 is 58.9. The molecule has 0 unspecified atom stereocenters. The summed E-state index contributed by atoms with van der Waals surface area (Å²) in [5.41, 5.74) is 2.85. The van der Waals surface area contributed by atoms with E-state index < -0.39 is 19.9 Å². The second-order valence-corrected chi connectivity index (χ2v) is 13.7. The molecule has 9 heteroatoms. The second kappa shape index (κ2) is 11.4. The molecule has 0 saturated heterocycles. The number of hydrogen-bond donors (Lipinski definition) is 0. The Kier molecular flexibility index (Phi) is 7.95. The summed E-state index contributed by atoms with van der Waals surface area (Å²) in [7, 11) is -5.86. The standard InChI is InChI=1S/C31H30N2O5S2/c1-38-18-8-11-24-19-26-21-30(33(31(26)32-22-24)40(36,37)28-12-4-3-5-13-28)29(20-23-9-6-7-10-23)25-14-16-27(17-15-25)39(2,34)35/h3-5,12-17,19-23H,6-7,9-10,18H2,1-2H3/b29-20+. The number of allylic oxidation sites excluding steroid dienone is 1. The minimum Gasteiger partial charge on any atom is -0.372 e. The van der Waals surface area contributed by atoms with E-state index in [1.54, 1.807) is 67.9 Å². The number of benzene rings is 2. The molecule has 40 heavy (non-hydrogen) atoms. The van der Waals surface area contributed by atoms with Crippen LogP contribution in [0.15, 0.2) is 88.8 Å². The van der Waals surface area contributed by atoms with E-state index in [2.05, 4.69) is 22.9 Å².